The van der Waals surface area contributed by atoms with Crippen LogP contribution >= 0.6 is 0 Å². The van der Waals surface area contributed by atoms with Gasteiger partial charge in [-0.3, -0.25) is 9.69 Å². The number of carbonyl (C=O) groups excluding carboxylic acids is 1. The maximum atomic E-state index is 13.3. The number of likely N-dealkylation sites (tertiary alicyclic amines) is 2. The molecule has 4 nitrogen and oxygen atoms in total. The van der Waals surface area contributed by atoms with Crippen LogP contribution in [0.1, 0.15) is 31.7 Å². The van der Waals surface area contributed by atoms with Gasteiger partial charge in [-0.2, -0.15) is 0 Å². The van der Waals surface area contributed by atoms with Gasteiger partial charge in [0.15, 0.2) is 0 Å². The molecule has 2 saturated heterocycles. The molecule has 2 aliphatic heterocycles. The molecule has 1 unspecified atom stereocenters. The molecule has 2 heterocycles. The van der Waals surface area contributed by atoms with Crippen molar-refractivity contribution in [3.05, 3.63) is 35.6 Å². The Morgan fingerprint density at radius 2 is 2.13 bits per heavy atom. The van der Waals surface area contributed by atoms with E-state index in [9.17, 15) is 14.3 Å². The summed E-state index contributed by atoms with van der Waals surface area (Å²) < 4.78 is 13.3. The van der Waals surface area contributed by atoms with Crippen molar-refractivity contribution in [1.82, 2.24) is 9.80 Å². The van der Waals surface area contributed by atoms with Crippen molar-refractivity contribution in [3.8, 4) is 0 Å². The normalized spacial score (nSPS) is 24.8. The number of nitrogens with zero attached hydrogens (tertiary/aromatic N) is 2. The SMILES string of the molecule is CC(=O)N1CC(O)CC2(CCN(Cc3cccc(F)c3)CC2)C1. The van der Waals surface area contributed by atoms with E-state index in [-0.39, 0.29) is 17.1 Å². The number of aliphatic hydroxyl groups excluding tert-OH is 1. The fraction of sp³-hybridized carbons (Fsp3) is 0.611. The zero-order chi connectivity index (χ0) is 16.4. The molecule has 3 rings (SSSR count). The molecule has 126 valence electrons. The highest BCUT2D eigenvalue weighted by Gasteiger charge is 2.42. The molecule has 0 saturated carbocycles. The Labute approximate surface area is 136 Å². The summed E-state index contributed by atoms with van der Waals surface area (Å²) in [5, 5.41) is 10.1. The summed E-state index contributed by atoms with van der Waals surface area (Å²) in [4.78, 5) is 15.8. The van der Waals surface area contributed by atoms with Gasteiger partial charge in [0, 0.05) is 26.6 Å². The number of halogens is 1. The standard InChI is InChI=1S/C18H25FN2O2/c1-14(22)21-12-17(23)10-18(13-21)5-7-20(8-6-18)11-15-3-2-4-16(19)9-15/h2-4,9,17,23H,5-8,10-13H2,1H3. The van der Waals surface area contributed by atoms with E-state index in [1.54, 1.807) is 24.0 Å². The van der Waals surface area contributed by atoms with E-state index in [4.69, 9.17) is 0 Å². The van der Waals surface area contributed by atoms with Crippen LogP contribution in [0.5, 0.6) is 0 Å². The van der Waals surface area contributed by atoms with E-state index in [2.05, 4.69) is 4.90 Å². The van der Waals surface area contributed by atoms with Crippen molar-refractivity contribution in [3.63, 3.8) is 0 Å². The Bertz CT molecular complexity index is 570. The highest BCUT2D eigenvalue weighted by atomic mass is 19.1. The van der Waals surface area contributed by atoms with Gasteiger partial charge in [0.1, 0.15) is 5.82 Å². The number of hydrogen-bond acceptors (Lipinski definition) is 3. The fourth-order valence-electron chi connectivity index (χ4n) is 4.03. The summed E-state index contributed by atoms with van der Waals surface area (Å²) in [6, 6.07) is 6.76. The molecular weight excluding hydrogens is 295 g/mol. The fourth-order valence-corrected chi connectivity index (χ4v) is 4.03. The molecule has 2 aliphatic rings. The number of carbonyl (C=O) groups is 1. The first kappa shape index (κ1) is 16.4. The van der Waals surface area contributed by atoms with E-state index >= 15 is 0 Å². The van der Waals surface area contributed by atoms with Gasteiger partial charge in [-0.25, -0.2) is 4.39 Å². The molecule has 0 aromatic heterocycles. The summed E-state index contributed by atoms with van der Waals surface area (Å²) in [5.41, 5.74) is 1.04. The van der Waals surface area contributed by atoms with E-state index in [0.29, 0.717) is 6.54 Å². The largest absolute Gasteiger partial charge is 0.391 e. The van der Waals surface area contributed by atoms with Crippen molar-refractivity contribution in [1.29, 1.82) is 0 Å². The minimum atomic E-state index is -0.414. The molecule has 1 spiro atoms. The first-order valence-electron chi connectivity index (χ1n) is 8.36. The number of amides is 1. The summed E-state index contributed by atoms with van der Waals surface area (Å²) in [6.07, 6.45) is 2.32. The summed E-state index contributed by atoms with van der Waals surface area (Å²) >= 11 is 0. The predicted molar refractivity (Wildman–Crippen MR) is 86.2 cm³/mol. The van der Waals surface area contributed by atoms with Crippen molar-refractivity contribution in [2.45, 2.75) is 38.8 Å². The van der Waals surface area contributed by atoms with Crippen LogP contribution in [-0.4, -0.2) is 53.1 Å². The van der Waals surface area contributed by atoms with Gasteiger partial charge < -0.3 is 10.0 Å². The van der Waals surface area contributed by atoms with Gasteiger partial charge in [-0.05, 0) is 55.5 Å². The van der Waals surface area contributed by atoms with E-state index < -0.39 is 6.10 Å². The Balaban J connectivity index is 1.60. The molecule has 1 aromatic rings. The van der Waals surface area contributed by atoms with Crippen LogP contribution in [0.25, 0.3) is 0 Å². The average molecular weight is 320 g/mol. The smallest absolute Gasteiger partial charge is 0.219 e. The molecule has 1 amide bonds. The summed E-state index contributed by atoms with van der Waals surface area (Å²) in [7, 11) is 0. The molecule has 1 N–H and O–H groups in total. The first-order chi connectivity index (χ1) is 11.0. The number of β-amino-alcohol motifs (C(OH)–C–C–N with tert-alkyl or cyclic N) is 1. The second kappa shape index (κ2) is 6.57. The molecule has 0 radical (unpaired) electrons. The number of hydrogen-bond donors (Lipinski definition) is 1. The second-order valence-corrected chi connectivity index (χ2v) is 7.16. The molecular formula is C18H25FN2O2. The van der Waals surface area contributed by atoms with Crippen LogP contribution in [0, 0.1) is 11.2 Å². The topological polar surface area (TPSA) is 43.8 Å². The van der Waals surface area contributed by atoms with E-state index in [0.717, 1.165) is 51.0 Å². The number of benzene rings is 1. The molecule has 5 heteroatoms. The van der Waals surface area contributed by atoms with Crippen LogP contribution < -0.4 is 0 Å². The van der Waals surface area contributed by atoms with E-state index in [1.165, 1.54) is 6.07 Å². The lowest BCUT2D eigenvalue weighted by molar-refractivity contribution is -0.138. The summed E-state index contributed by atoms with van der Waals surface area (Å²) in [6.45, 7) is 5.40. The van der Waals surface area contributed by atoms with Crippen molar-refractivity contribution in [2.75, 3.05) is 26.2 Å². The van der Waals surface area contributed by atoms with Crippen LogP contribution in [0.2, 0.25) is 0 Å². The average Bonchev–Trinajstić information content (AvgIpc) is 2.49. The zero-order valence-electron chi connectivity index (χ0n) is 13.7. The lowest BCUT2D eigenvalue weighted by Crippen LogP contribution is -2.54. The van der Waals surface area contributed by atoms with Gasteiger partial charge in [0.05, 0.1) is 6.10 Å². The molecule has 1 aromatic carbocycles. The number of aliphatic hydroxyl groups is 1. The van der Waals surface area contributed by atoms with Gasteiger partial charge in [0.2, 0.25) is 5.91 Å². The third-order valence-electron chi connectivity index (χ3n) is 5.28. The van der Waals surface area contributed by atoms with Crippen LogP contribution in [-0.2, 0) is 11.3 Å². The maximum absolute atomic E-state index is 13.3. The molecule has 2 fully saturated rings. The Morgan fingerprint density at radius 1 is 1.39 bits per heavy atom. The third-order valence-corrected chi connectivity index (χ3v) is 5.28. The number of piperidine rings is 2. The lowest BCUT2D eigenvalue weighted by atomic mass is 9.71. The van der Waals surface area contributed by atoms with E-state index in [1.807, 2.05) is 6.07 Å². The minimum absolute atomic E-state index is 0.0434. The third kappa shape index (κ3) is 3.90. The summed E-state index contributed by atoms with van der Waals surface area (Å²) in [5.74, 6) is -0.145. The molecule has 0 aliphatic carbocycles. The second-order valence-electron chi connectivity index (χ2n) is 7.16. The van der Waals surface area contributed by atoms with Gasteiger partial charge in [0.25, 0.3) is 0 Å². The van der Waals surface area contributed by atoms with Crippen molar-refractivity contribution < 1.29 is 14.3 Å². The maximum Gasteiger partial charge on any atom is 0.219 e. The molecule has 0 bridgehead atoms. The number of rotatable bonds is 2. The van der Waals surface area contributed by atoms with Crippen molar-refractivity contribution in [2.24, 2.45) is 5.41 Å². The quantitative estimate of drug-likeness (QED) is 0.907. The van der Waals surface area contributed by atoms with Gasteiger partial charge >= 0.3 is 0 Å². The van der Waals surface area contributed by atoms with Crippen molar-refractivity contribution >= 4 is 5.91 Å². The monoisotopic (exact) mass is 320 g/mol. The highest BCUT2D eigenvalue weighted by molar-refractivity contribution is 5.73. The Kier molecular flexibility index (Phi) is 4.69. The van der Waals surface area contributed by atoms with Crippen LogP contribution in [0.4, 0.5) is 4.39 Å². The van der Waals surface area contributed by atoms with Crippen LogP contribution in [0.15, 0.2) is 24.3 Å². The Hall–Kier alpha value is -1.46. The van der Waals surface area contributed by atoms with Gasteiger partial charge in [-0.15, -0.1) is 0 Å². The highest BCUT2D eigenvalue weighted by Crippen LogP contribution is 2.40. The Morgan fingerprint density at radius 3 is 2.78 bits per heavy atom. The lowest BCUT2D eigenvalue weighted by Gasteiger charge is -2.49. The first-order valence-corrected chi connectivity index (χ1v) is 8.36. The molecule has 23 heavy (non-hydrogen) atoms. The van der Waals surface area contributed by atoms with Gasteiger partial charge in [-0.1, -0.05) is 12.1 Å². The van der Waals surface area contributed by atoms with Crippen LogP contribution in [0.3, 0.4) is 0 Å². The zero-order valence-corrected chi connectivity index (χ0v) is 13.7. The predicted octanol–water partition coefficient (Wildman–Crippen LogP) is 2.02. The minimum Gasteiger partial charge on any atom is -0.391 e. The molecule has 1 atom stereocenters.